The van der Waals surface area contributed by atoms with Crippen molar-refractivity contribution in [3.63, 3.8) is 0 Å². The first-order chi connectivity index (χ1) is 12.1. The lowest BCUT2D eigenvalue weighted by Gasteiger charge is -2.44. The Labute approximate surface area is 149 Å². The number of piperazine rings is 1. The van der Waals surface area contributed by atoms with Gasteiger partial charge in [-0.3, -0.25) is 9.69 Å². The largest absolute Gasteiger partial charge is 0.405 e. The second-order valence-corrected chi connectivity index (χ2v) is 6.88. The van der Waals surface area contributed by atoms with Crippen LogP contribution in [0.1, 0.15) is 28.7 Å². The van der Waals surface area contributed by atoms with Crippen LogP contribution in [0.15, 0.2) is 18.2 Å². The molecule has 1 aliphatic rings. The van der Waals surface area contributed by atoms with Gasteiger partial charge >= 0.3 is 6.18 Å². The van der Waals surface area contributed by atoms with E-state index in [1.54, 1.807) is 25.1 Å². The van der Waals surface area contributed by atoms with Gasteiger partial charge in [0, 0.05) is 24.7 Å². The van der Waals surface area contributed by atoms with Crippen LogP contribution in [0, 0.1) is 13.8 Å². The van der Waals surface area contributed by atoms with E-state index in [0.29, 0.717) is 16.6 Å². The van der Waals surface area contributed by atoms with Gasteiger partial charge < -0.3 is 4.90 Å². The first-order valence-corrected chi connectivity index (χ1v) is 8.41. The van der Waals surface area contributed by atoms with E-state index in [1.165, 1.54) is 16.8 Å². The minimum atomic E-state index is -4.38. The smallest absolute Gasteiger partial charge is 0.335 e. The van der Waals surface area contributed by atoms with Gasteiger partial charge in [0.15, 0.2) is 0 Å². The number of alkyl halides is 3. The van der Waals surface area contributed by atoms with Gasteiger partial charge in [0.2, 0.25) is 0 Å². The minimum Gasteiger partial charge on any atom is -0.335 e. The highest BCUT2D eigenvalue weighted by atomic mass is 19.4. The number of rotatable bonds is 1. The van der Waals surface area contributed by atoms with Gasteiger partial charge in [0.1, 0.15) is 6.04 Å². The van der Waals surface area contributed by atoms with E-state index in [9.17, 15) is 18.0 Å². The number of hydrogen-bond acceptors (Lipinski definition) is 4. The van der Waals surface area contributed by atoms with Crippen molar-refractivity contribution >= 4 is 16.9 Å². The molecule has 0 spiro atoms. The normalized spacial score (nSPS) is 22.0. The van der Waals surface area contributed by atoms with Crippen LogP contribution in [0.25, 0.3) is 11.0 Å². The van der Waals surface area contributed by atoms with Gasteiger partial charge in [-0.25, -0.2) is 9.97 Å². The Morgan fingerprint density at radius 2 is 1.73 bits per heavy atom. The maximum Gasteiger partial charge on any atom is 0.405 e. The molecule has 0 bridgehead atoms. The molecular formula is C18H21F3N4O. The van der Waals surface area contributed by atoms with Crippen LogP contribution < -0.4 is 0 Å². The summed E-state index contributed by atoms with van der Waals surface area (Å²) in [4.78, 5) is 24.2. The predicted molar refractivity (Wildman–Crippen MR) is 92.0 cm³/mol. The summed E-state index contributed by atoms with van der Waals surface area (Å²) < 4.78 is 39.9. The molecule has 0 radical (unpaired) electrons. The fourth-order valence-electron chi connectivity index (χ4n) is 3.21. The zero-order chi connectivity index (χ0) is 19.2. The number of hydrogen-bond donors (Lipinski definition) is 0. The molecule has 1 aliphatic heterocycles. The van der Waals surface area contributed by atoms with Crippen molar-refractivity contribution in [1.29, 1.82) is 0 Å². The maximum absolute atomic E-state index is 13.3. The van der Waals surface area contributed by atoms with Crippen LogP contribution in [0.5, 0.6) is 0 Å². The van der Waals surface area contributed by atoms with Gasteiger partial charge in [-0.05, 0) is 46.0 Å². The van der Waals surface area contributed by atoms with E-state index < -0.39 is 18.1 Å². The number of carbonyl (C=O) groups is 1. The molecule has 5 nitrogen and oxygen atoms in total. The Balaban J connectivity index is 1.91. The highest BCUT2D eigenvalue weighted by Crippen LogP contribution is 2.30. The summed E-state index contributed by atoms with van der Waals surface area (Å²) in [7, 11) is 1.45. The van der Waals surface area contributed by atoms with Crippen molar-refractivity contribution in [3.8, 4) is 0 Å². The second kappa shape index (κ2) is 6.50. The molecular weight excluding hydrogens is 345 g/mol. The SMILES string of the molecule is Cc1nc2ccc(C(=O)N3CC(C)N(C)C(C(F)(F)F)C3)cc2nc1C. The van der Waals surface area contributed by atoms with Crippen molar-refractivity contribution in [3.05, 3.63) is 35.2 Å². The molecule has 1 amide bonds. The average molecular weight is 366 g/mol. The zero-order valence-corrected chi connectivity index (χ0v) is 15.1. The topological polar surface area (TPSA) is 49.3 Å². The Morgan fingerprint density at radius 1 is 1.12 bits per heavy atom. The molecule has 1 saturated heterocycles. The predicted octanol–water partition coefficient (Wildman–Crippen LogP) is 2.95. The molecule has 2 unspecified atom stereocenters. The number of amides is 1. The quantitative estimate of drug-likeness (QED) is 0.779. The Kier molecular flexibility index (Phi) is 4.64. The standard InChI is InChI=1S/C18H21F3N4O/c1-10-8-25(9-16(24(10)4)18(19,20)21)17(26)13-5-6-14-15(7-13)23-12(3)11(2)22-14/h5-7,10,16H,8-9H2,1-4H3. The molecule has 2 heterocycles. The van der Waals surface area contributed by atoms with Gasteiger partial charge in [-0.1, -0.05) is 0 Å². The van der Waals surface area contributed by atoms with Crippen molar-refractivity contribution in [2.45, 2.75) is 39.0 Å². The fraction of sp³-hybridized carbons (Fsp3) is 0.500. The van der Waals surface area contributed by atoms with Gasteiger partial charge in [-0.15, -0.1) is 0 Å². The highest BCUT2D eigenvalue weighted by molar-refractivity contribution is 5.97. The number of halogens is 3. The monoisotopic (exact) mass is 366 g/mol. The van der Waals surface area contributed by atoms with E-state index in [0.717, 1.165) is 11.4 Å². The van der Waals surface area contributed by atoms with Crippen molar-refractivity contribution in [1.82, 2.24) is 19.8 Å². The number of nitrogens with zero attached hydrogens (tertiary/aromatic N) is 4. The fourth-order valence-corrected chi connectivity index (χ4v) is 3.21. The van der Waals surface area contributed by atoms with E-state index in [1.807, 2.05) is 13.8 Å². The number of aryl methyl sites for hydroxylation is 2. The molecule has 140 valence electrons. The van der Waals surface area contributed by atoms with Crippen LogP contribution in [-0.4, -0.2) is 64.1 Å². The number of likely N-dealkylation sites (N-methyl/N-ethyl adjacent to an activating group) is 1. The molecule has 3 rings (SSSR count). The molecule has 0 aliphatic carbocycles. The Bertz CT molecular complexity index is 852. The van der Waals surface area contributed by atoms with Gasteiger partial charge in [0.05, 0.1) is 22.4 Å². The lowest BCUT2D eigenvalue weighted by Crippen LogP contribution is -2.62. The van der Waals surface area contributed by atoms with Gasteiger partial charge in [0.25, 0.3) is 5.91 Å². The first kappa shape index (κ1) is 18.6. The third-order valence-electron chi connectivity index (χ3n) is 5.05. The molecule has 1 aromatic carbocycles. The molecule has 0 N–H and O–H groups in total. The molecule has 8 heteroatoms. The molecule has 1 fully saturated rings. The van der Waals surface area contributed by atoms with Crippen molar-refractivity contribution in [2.75, 3.05) is 20.1 Å². The lowest BCUT2D eigenvalue weighted by molar-refractivity contribution is -0.197. The number of benzene rings is 1. The summed E-state index contributed by atoms with van der Waals surface area (Å²) in [5, 5.41) is 0. The molecule has 26 heavy (non-hydrogen) atoms. The Hall–Kier alpha value is -2.22. The van der Waals surface area contributed by atoms with Crippen LogP contribution in [-0.2, 0) is 0 Å². The van der Waals surface area contributed by atoms with E-state index in [4.69, 9.17) is 0 Å². The minimum absolute atomic E-state index is 0.249. The van der Waals surface area contributed by atoms with Crippen molar-refractivity contribution in [2.24, 2.45) is 0 Å². The van der Waals surface area contributed by atoms with E-state index in [-0.39, 0.29) is 19.1 Å². The molecule has 2 aromatic rings. The third kappa shape index (κ3) is 3.38. The molecule has 0 saturated carbocycles. The van der Waals surface area contributed by atoms with Crippen molar-refractivity contribution < 1.29 is 18.0 Å². The highest BCUT2D eigenvalue weighted by Gasteiger charge is 2.48. The van der Waals surface area contributed by atoms with E-state index >= 15 is 0 Å². The number of carbonyl (C=O) groups excluding carboxylic acids is 1. The summed E-state index contributed by atoms with van der Waals surface area (Å²) in [5.74, 6) is -0.416. The van der Waals surface area contributed by atoms with E-state index in [2.05, 4.69) is 9.97 Å². The average Bonchev–Trinajstić information content (AvgIpc) is 2.56. The zero-order valence-electron chi connectivity index (χ0n) is 15.1. The van der Waals surface area contributed by atoms with Crippen LogP contribution in [0.4, 0.5) is 13.2 Å². The lowest BCUT2D eigenvalue weighted by atomic mass is 10.1. The molecule has 2 atom stereocenters. The maximum atomic E-state index is 13.3. The summed E-state index contributed by atoms with van der Waals surface area (Å²) in [6, 6.07) is 2.83. The van der Waals surface area contributed by atoms with Crippen LogP contribution in [0.2, 0.25) is 0 Å². The summed E-state index contributed by atoms with van der Waals surface area (Å²) in [5.41, 5.74) is 3.11. The summed E-state index contributed by atoms with van der Waals surface area (Å²) in [6.07, 6.45) is -4.38. The van der Waals surface area contributed by atoms with Crippen LogP contribution >= 0.6 is 0 Å². The molecule has 1 aromatic heterocycles. The Morgan fingerprint density at radius 3 is 2.35 bits per heavy atom. The number of fused-ring (bicyclic) bond motifs is 1. The first-order valence-electron chi connectivity index (χ1n) is 8.41. The number of aromatic nitrogens is 2. The summed E-state index contributed by atoms with van der Waals surface area (Å²) in [6.45, 7) is 5.24. The summed E-state index contributed by atoms with van der Waals surface area (Å²) >= 11 is 0. The van der Waals surface area contributed by atoms with Gasteiger partial charge in [-0.2, -0.15) is 13.2 Å². The second-order valence-electron chi connectivity index (χ2n) is 6.88. The third-order valence-corrected chi connectivity index (χ3v) is 5.05. The van der Waals surface area contributed by atoms with Crippen LogP contribution in [0.3, 0.4) is 0 Å².